The molecule has 0 saturated heterocycles. The van der Waals surface area contributed by atoms with Crippen molar-refractivity contribution in [3.8, 4) is 0 Å². The summed E-state index contributed by atoms with van der Waals surface area (Å²) in [5, 5.41) is 0. The molecule has 2 nitrogen and oxygen atoms in total. The van der Waals surface area contributed by atoms with Gasteiger partial charge in [-0.05, 0) is 0 Å². The normalized spacial score (nSPS) is 9.00. The van der Waals surface area contributed by atoms with E-state index >= 15 is 0 Å². The van der Waals surface area contributed by atoms with Crippen LogP contribution < -0.4 is 0 Å². The van der Waals surface area contributed by atoms with Crippen molar-refractivity contribution < 1.29 is 39.1 Å². The van der Waals surface area contributed by atoms with Crippen molar-refractivity contribution in [3.63, 3.8) is 0 Å². The molecule has 0 amide bonds. The van der Waals surface area contributed by atoms with Crippen molar-refractivity contribution in [1.29, 1.82) is 0 Å². The Morgan fingerprint density at radius 2 is 0.912 bits per heavy atom. The monoisotopic (exact) mass is 556 g/mol. The number of unbranched alkanes of at least 4 members (excludes halogenated alkanes) is 13. The molecule has 0 aliphatic heterocycles. The van der Waals surface area contributed by atoms with E-state index in [1.807, 2.05) is 36.4 Å². The van der Waals surface area contributed by atoms with Crippen LogP contribution in [0.5, 0.6) is 0 Å². The number of hydrogen-bond acceptors (Lipinski definition) is 2. The minimum absolute atomic E-state index is 1.12. The molecule has 200 valence electrons. The third kappa shape index (κ3) is 35.6. The molecule has 0 aromatic heterocycles. The van der Waals surface area contributed by atoms with E-state index in [2.05, 4.69) is 83.3 Å². The van der Waals surface area contributed by atoms with Crippen LogP contribution in [0, 0.1) is 39.0 Å². The van der Waals surface area contributed by atoms with Crippen LogP contribution in [0.2, 0.25) is 0 Å². The maximum atomic E-state index is 7.94. The maximum Gasteiger partial charge on any atom is -0.288 e. The molecule has 2 rings (SSSR count). The minimum atomic E-state index is 1.12. The van der Waals surface area contributed by atoms with Crippen LogP contribution in [0.15, 0.2) is 42.5 Å². The molecule has 0 saturated carbocycles. The van der Waals surface area contributed by atoms with Gasteiger partial charge in [0, 0.05) is 0 Å². The molecule has 4 heteroatoms. The topological polar surface area (TPSA) is 34.1 Å². The number of hydrogen-bond donors (Lipinski definition) is 0. The van der Waals surface area contributed by atoms with Gasteiger partial charge >= 0.3 is 39.1 Å². The SMILES string of the molecule is Cc1c[c-]cc(C)c1.[CH2-]CCCCCCCCCCCCCCC.[O]=[Co].[O]=[Co].[c-]1cc[c-]cc1. The molecule has 0 aliphatic carbocycles. The second kappa shape index (κ2) is 36.6. The van der Waals surface area contributed by atoms with Crippen LogP contribution in [-0.4, -0.2) is 0 Å². The molecular formula is C30H46Co2O2-4. The fourth-order valence-corrected chi connectivity index (χ4v) is 3.25. The summed E-state index contributed by atoms with van der Waals surface area (Å²) in [6.45, 7) is 10.3. The van der Waals surface area contributed by atoms with Gasteiger partial charge in [0.2, 0.25) is 0 Å². The van der Waals surface area contributed by atoms with E-state index < -0.39 is 0 Å². The smallest absolute Gasteiger partial charge is 0.288 e. The van der Waals surface area contributed by atoms with Crippen LogP contribution in [0.4, 0.5) is 0 Å². The van der Waals surface area contributed by atoms with Crippen LogP contribution in [0.3, 0.4) is 0 Å². The van der Waals surface area contributed by atoms with Gasteiger partial charge in [-0.1, -0.05) is 104 Å². The molecule has 34 heavy (non-hydrogen) atoms. The Hall–Kier alpha value is -0.947. The van der Waals surface area contributed by atoms with Gasteiger partial charge in [0.25, 0.3) is 0 Å². The predicted octanol–water partition coefficient (Wildman–Crippen LogP) is 9.45. The van der Waals surface area contributed by atoms with E-state index in [1.165, 1.54) is 94.6 Å². The first-order valence-electron chi connectivity index (χ1n) is 12.5. The molecule has 0 aliphatic rings. The van der Waals surface area contributed by atoms with E-state index in [9.17, 15) is 0 Å². The summed E-state index contributed by atoms with van der Waals surface area (Å²) in [5.41, 5.74) is 2.56. The van der Waals surface area contributed by atoms with Gasteiger partial charge in [-0.25, -0.2) is 0 Å². The first-order valence-corrected chi connectivity index (χ1v) is 13.4. The summed E-state index contributed by atoms with van der Waals surface area (Å²) in [6.07, 6.45) is 19.8. The summed E-state index contributed by atoms with van der Waals surface area (Å²) in [7, 11) is 0. The van der Waals surface area contributed by atoms with E-state index in [-0.39, 0.29) is 0 Å². The van der Waals surface area contributed by atoms with Gasteiger partial charge in [0.15, 0.2) is 0 Å². The third-order valence-corrected chi connectivity index (χ3v) is 4.98. The number of rotatable bonds is 13. The Labute approximate surface area is 227 Å². The molecule has 0 atom stereocenters. The van der Waals surface area contributed by atoms with E-state index in [0.717, 1.165) is 6.42 Å². The van der Waals surface area contributed by atoms with Crippen LogP contribution >= 0.6 is 0 Å². The molecule has 0 N–H and O–H groups in total. The molecule has 0 heterocycles. The Balaban J connectivity index is -0.000000440. The van der Waals surface area contributed by atoms with E-state index in [1.54, 1.807) is 0 Å². The van der Waals surface area contributed by atoms with Crippen LogP contribution in [0.1, 0.15) is 108 Å². The van der Waals surface area contributed by atoms with Gasteiger partial charge < -0.3 is 19.1 Å². The molecule has 0 spiro atoms. The van der Waals surface area contributed by atoms with Gasteiger partial charge in [0.05, 0.1) is 0 Å². The summed E-state index contributed by atoms with van der Waals surface area (Å²) in [5.74, 6) is 0. The van der Waals surface area contributed by atoms with Crippen molar-refractivity contribution in [2.24, 2.45) is 0 Å². The summed E-state index contributed by atoms with van der Waals surface area (Å²) in [4.78, 5) is 0. The zero-order valence-corrected chi connectivity index (χ0v) is 23.7. The van der Waals surface area contributed by atoms with Crippen LogP contribution in [-0.2, 0) is 39.1 Å². The number of aryl methyl sites for hydroxylation is 2. The molecule has 0 unspecified atom stereocenters. The van der Waals surface area contributed by atoms with Crippen molar-refractivity contribution in [2.45, 2.75) is 111 Å². The minimum Gasteiger partial charge on any atom is -0.319 e. The van der Waals surface area contributed by atoms with Crippen LogP contribution in [0.25, 0.3) is 0 Å². The Kier molecular flexibility index (Phi) is 40.5. The van der Waals surface area contributed by atoms with Crippen molar-refractivity contribution >= 4 is 0 Å². The second-order valence-electron chi connectivity index (χ2n) is 8.18. The third-order valence-electron chi connectivity index (χ3n) is 4.98. The molecule has 0 radical (unpaired) electrons. The molecule has 2 aromatic rings. The average molecular weight is 557 g/mol. The quantitative estimate of drug-likeness (QED) is 0.182. The van der Waals surface area contributed by atoms with Crippen molar-refractivity contribution in [3.05, 3.63) is 78.7 Å². The van der Waals surface area contributed by atoms with Crippen molar-refractivity contribution in [1.82, 2.24) is 0 Å². The van der Waals surface area contributed by atoms with Gasteiger partial charge in [-0.2, -0.15) is 41.8 Å². The Morgan fingerprint density at radius 1 is 0.588 bits per heavy atom. The first kappa shape index (κ1) is 37.6. The second-order valence-corrected chi connectivity index (χ2v) is 8.18. The number of benzene rings is 2. The van der Waals surface area contributed by atoms with E-state index in [4.69, 9.17) is 7.73 Å². The van der Waals surface area contributed by atoms with Gasteiger partial charge in [-0.3, -0.25) is 24.3 Å². The zero-order chi connectivity index (χ0) is 26.1. The van der Waals surface area contributed by atoms with Crippen molar-refractivity contribution in [2.75, 3.05) is 0 Å². The zero-order valence-electron chi connectivity index (χ0n) is 21.6. The summed E-state index contributed by atoms with van der Waals surface area (Å²) in [6, 6.07) is 22.1. The maximum absolute atomic E-state index is 7.94. The summed E-state index contributed by atoms with van der Waals surface area (Å²) >= 11 is 4.62. The fraction of sp³-hybridized carbons (Fsp3) is 0.567. The predicted molar refractivity (Wildman–Crippen MR) is 136 cm³/mol. The van der Waals surface area contributed by atoms with Gasteiger partial charge in [0.1, 0.15) is 0 Å². The Morgan fingerprint density at radius 3 is 1.15 bits per heavy atom. The standard InChI is InChI=1S/C16H33.C8H9.C6H4.2Co.2O/c1-3-5-7-9-11-13-15-16-14-12-10-8-6-4-2;1-7-4-3-5-8(2)6-7;1-2-4-6-5-3-1;;;;/h1,3-16H2,2H3;4-6H,1-2H3;1-2,5-6H;;;;/q2*-1;-2;;;;. The van der Waals surface area contributed by atoms with E-state index in [0.29, 0.717) is 0 Å². The average Bonchev–Trinajstić information content (AvgIpc) is 2.89. The largest absolute Gasteiger partial charge is 0.319 e. The first-order chi connectivity index (χ1) is 16.7. The molecule has 2 aromatic carbocycles. The Bertz CT molecular complexity index is 533. The molecule has 0 bridgehead atoms. The molecular weight excluding hydrogens is 510 g/mol. The van der Waals surface area contributed by atoms with Gasteiger partial charge in [-0.15, -0.1) is 0 Å². The fourth-order valence-electron chi connectivity index (χ4n) is 3.25. The summed E-state index contributed by atoms with van der Waals surface area (Å²) < 4.78 is 15.9. The molecule has 0 fully saturated rings.